The third-order valence-corrected chi connectivity index (χ3v) is 0.455. The Hall–Kier alpha value is -0.0577. The molecule has 0 aliphatic carbocycles. The quantitative estimate of drug-likeness (QED) is 0.524. The van der Waals surface area contributed by atoms with Crippen LogP contribution < -0.4 is 4.98 Å². The molecule has 1 aromatic rings. The van der Waals surface area contributed by atoms with Gasteiger partial charge in [0.25, 0.3) is 0 Å². The van der Waals surface area contributed by atoms with Crippen LogP contribution in [0.25, 0.3) is 0 Å². The van der Waals surface area contributed by atoms with Crippen LogP contribution in [0.15, 0.2) is 24.5 Å². The maximum Gasteiger partial charge on any atom is 0 e. The van der Waals surface area contributed by atoms with Crippen LogP contribution in [0.5, 0.6) is 0 Å². The van der Waals surface area contributed by atoms with Crippen molar-refractivity contribution < 1.29 is 20.4 Å². The minimum atomic E-state index is 0. The SMILES string of the molecule is [Pd].c1cc[n-]c1. The van der Waals surface area contributed by atoms with Gasteiger partial charge in [0.15, 0.2) is 0 Å². The van der Waals surface area contributed by atoms with Crippen LogP contribution in [0.2, 0.25) is 0 Å². The Morgan fingerprint density at radius 2 is 1.50 bits per heavy atom. The second-order valence-corrected chi connectivity index (χ2v) is 0.832. The summed E-state index contributed by atoms with van der Waals surface area (Å²) >= 11 is 0. The van der Waals surface area contributed by atoms with E-state index in [1.54, 1.807) is 12.4 Å². The molecular weight excluding hydrogens is 168 g/mol. The average molecular weight is 173 g/mol. The minimum absolute atomic E-state index is 0. The first-order valence-electron chi connectivity index (χ1n) is 1.52. The summed E-state index contributed by atoms with van der Waals surface area (Å²) in [4.78, 5) is 3.72. The van der Waals surface area contributed by atoms with Gasteiger partial charge in [0.1, 0.15) is 0 Å². The van der Waals surface area contributed by atoms with Gasteiger partial charge in [0.2, 0.25) is 0 Å². The molecule has 1 aromatic heterocycles. The summed E-state index contributed by atoms with van der Waals surface area (Å²) in [5.74, 6) is 0. The van der Waals surface area contributed by atoms with Crippen molar-refractivity contribution in [1.29, 1.82) is 0 Å². The van der Waals surface area contributed by atoms with Crippen LogP contribution in [0.1, 0.15) is 0 Å². The van der Waals surface area contributed by atoms with Gasteiger partial charge >= 0.3 is 0 Å². The van der Waals surface area contributed by atoms with Gasteiger partial charge in [-0.15, -0.1) is 0 Å². The molecule has 0 N–H and O–H groups in total. The van der Waals surface area contributed by atoms with E-state index in [9.17, 15) is 0 Å². The Labute approximate surface area is 50.4 Å². The van der Waals surface area contributed by atoms with Gasteiger partial charge in [-0.3, -0.25) is 0 Å². The van der Waals surface area contributed by atoms with Gasteiger partial charge in [-0.25, -0.2) is 0 Å². The maximum absolute atomic E-state index is 3.72. The molecule has 0 amide bonds. The summed E-state index contributed by atoms with van der Waals surface area (Å²) in [5.41, 5.74) is 0. The molecule has 1 heterocycles. The van der Waals surface area contributed by atoms with Crippen LogP contribution in [0, 0.1) is 0 Å². The molecule has 0 fully saturated rings. The summed E-state index contributed by atoms with van der Waals surface area (Å²) < 4.78 is 0. The third kappa shape index (κ3) is 1.40. The van der Waals surface area contributed by atoms with Crippen molar-refractivity contribution in [2.75, 3.05) is 0 Å². The Morgan fingerprint density at radius 3 is 1.67 bits per heavy atom. The van der Waals surface area contributed by atoms with Crippen molar-refractivity contribution in [3.63, 3.8) is 0 Å². The molecule has 0 bridgehead atoms. The van der Waals surface area contributed by atoms with Crippen LogP contribution in [-0.4, -0.2) is 0 Å². The molecule has 0 atom stereocenters. The summed E-state index contributed by atoms with van der Waals surface area (Å²) in [7, 11) is 0. The monoisotopic (exact) mass is 172 g/mol. The summed E-state index contributed by atoms with van der Waals surface area (Å²) in [6.45, 7) is 0. The smallest absolute Gasteiger partial charge is 0 e. The molecular formula is C4H4NPd-. The Bertz CT molecular complexity index is 64.0. The Balaban J connectivity index is 0.000000250. The zero-order valence-electron chi connectivity index (χ0n) is 3.07. The van der Waals surface area contributed by atoms with E-state index in [2.05, 4.69) is 4.98 Å². The van der Waals surface area contributed by atoms with Crippen LogP contribution in [-0.2, 0) is 20.4 Å². The molecule has 0 saturated carbocycles. The van der Waals surface area contributed by atoms with E-state index in [1.807, 2.05) is 12.1 Å². The molecule has 0 spiro atoms. The Kier molecular flexibility index (Phi) is 3.11. The maximum atomic E-state index is 3.72. The molecule has 0 saturated heterocycles. The molecule has 1 nitrogen and oxygen atoms in total. The Morgan fingerprint density at radius 1 is 1.00 bits per heavy atom. The van der Waals surface area contributed by atoms with Crippen molar-refractivity contribution in [2.45, 2.75) is 0 Å². The number of hydrogen-bond donors (Lipinski definition) is 0. The van der Waals surface area contributed by atoms with Crippen molar-refractivity contribution >= 4 is 0 Å². The van der Waals surface area contributed by atoms with E-state index >= 15 is 0 Å². The number of nitrogens with zero attached hydrogens (tertiary/aromatic N) is 1. The molecule has 0 unspecified atom stereocenters. The predicted molar refractivity (Wildman–Crippen MR) is 19.8 cm³/mol. The molecule has 0 aliphatic rings. The fourth-order valence-corrected chi connectivity index (χ4v) is 0.248. The van der Waals surface area contributed by atoms with Gasteiger partial charge < -0.3 is 4.98 Å². The van der Waals surface area contributed by atoms with E-state index in [0.29, 0.717) is 0 Å². The number of hydrogen-bond acceptors (Lipinski definition) is 0. The zero-order chi connectivity index (χ0) is 3.54. The van der Waals surface area contributed by atoms with Crippen molar-refractivity contribution in [2.24, 2.45) is 0 Å². The molecule has 6 heavy (non-hydrogen) atoms. The predicted octanol–water partition coefficient (Wildman–Crippen LogP) is 0.641. The van der Waals surface area contributed by atoms with Gasteiger partial charge in [-0.2, -0.15) is 12.4 Å². The fourth-order valence-electron chi connectivity index (χ4n) is 0.248. The second-order valence-electron chi connectivity index (χ2n) is 0.832. The first-order valence-corrected chi connectivity index (χ1v) is 1.52. The fraction of sp³-hybridized carbons (Fsp3) is 0. The van der Waals surface area contributed by atoms with Gasteiger partial charge in [-0.05, 0) is 0 Å². The van der Waals surface area contributed by atoms with Crippen LogP contribution in [0.4, 0.5) is 0 Å². The summed E-state index contributed by atoms with van der Waals surface area (Å²) in [5, 5.41) is 0. The molecule has 0 aromatic carbocycles. The van der Waals surface area contributed by atoms with Gasteiger partial charge in [0.05, 0.1) is 0 Å². The van der Waals surface area contributed by atoms with Crippen molar-refractivity contribution in [1.82, 2.24) is 4.98 Å². The van der Waals surface area contributed by atoms with E-state index in [4.69, 9.17) is 0 Å². The summed E-state index contributed by atoms with van der Waals surface area (Å²) in [6.07, 6.45) is 3.50. The van der Waals surface area contributed by atoms with Crippen LogP contribution >= 0.6 is 0 Å². The van der Waals surface area contributed by atoms with E-state index in [1.165, 1.54) is 0 Å². The first kappa shape index (κ1) is 5.94. The van der Waals surface area contributed by atoms with E-state index in [-0.39, 0.29) is 20.4 Å². The van der Waals surface area contributed by atoms with E-state index in [0.717, 1.165) is 0 Å². The molecule has 0 aliphatic heterocycles. The molecule has 36 valence electrons. The third-order valence-electron chi connectivity index (χ3n) is 0.455. The molecule has 2 heteroatoms. The second kappa shape index (κ2) is 3.14. The average Bonchev–Trinajstić information content (AvgIpc) is 1.76. The minimum Gasteiger partial charge on any atom is -0.670 e. The molecule has 1 rings (SSSR count). The largest absolute Gasteiger partial charge is 0.670 e. The first-order chi connectivity index (χ1) is 2.50. The molecule has 0 radical (unpaired) electrons. The van der Waals surface area contributed by atoms with Gasteiger partial charge in [0, 0.05) is 20.4 Å². The topological polar surface area (TPSA) is 14.1 Å². The normalized spacial score (nSPS) is 6.67. The van der Waals surface area contributed by atoms with Crippen molar-refractivity contribution in [3.05, 3.63) is 24.5 Å². The van der Waals surface area contributed by atoms with Crippen LogP contribution in [0.3, 0.4) is 0 Å². The number of rotatable bonds is 0. The van der Waals surface area contributed by atoms with E-state index < -0.39 is 0 Å². The van der Waals surface area contributed by atoms with Crippen molar-refractivity contribution in [3.8, 4) is 0 Å². The number of aromatic nitrogens is 1. The van der Waals surface area contributed by atoms with Gasteiger partial charge in [-0.1, -0.05) is 12.1 Å². The summed E-state index contributed by atoms with van der Waals surface area (Å²) in [6, 6.07) is 3.78. The zero-order valence-corrected chi connectivity index (χ0v) is 4.63. The standard InChI is InChI=1S/C4H4N.Pd/c1-2-4-5-3-1;/h1-4H;/q-1;.